The quantitative estimate of drug-likeness (QED) is 0.917. The fourth-order valence-electron chi connectivity index (χ4n) is 2.47. The monoisotopic (exact) mass is 282 g/mol. The number of methoxy groups -OCH3 is 1. The number of hydrogen-bond donors (Lipinski definition) is 1. The van der Waals surface area contributed by atoms with Gasteiger partial charge in [0.2, 0.25) is 5.91 Å². The van der Waals surface area contributed by atoms with Crippen LogP contribution in [-0.4, -0.2) is 37.0 Å². The number of likely N-dealkylation sites (tertiary alicyclic amines) is 1. The first-order valence-electron chi connectivity index (χ1n) is 6.47. The molecule has 104 valence electrons. The molecule has 1 aromatic carbocycles. The molecule has 0 spiro atoms. The van der Waals surface area contributed by atoms with Crippen LogP contribution in [0.1, 0.15) is 18.4 Å². The summed E-state index contributed by atoms with van der Waals surface area (Å²) >= 11 is 6.15. The molecule has 1 saturated heterocycles. The van der Waals surface area contributed by atoms with Gasteiger partial charge in [0.1, 0.15) is 5.75 Å². The topological polar surface area (TPSA) is 55.6 Å². The molecule has 1 aliphatic rings. The zero-order chi connectivity index (χ0) is 13.8. The minimum Gasteiger partial charge on any atom is -0.497 e. The number of rotatable bonds is 4. The molecule has 0 aliphatic carbocycles. The molecule has 1 aliphatic heterocycles. The van der Waals surface area contributed by atoms with E-state index in [0.717, 1.165) is 24.9 Å². The summed E-state index contributed by atoms with van der Waals surface area (Å²) in [5.41, 5.74) is 6.52. The Morgan fingerprint density at radius 3 is 3.00 bits per heavy atom. The molecule has 0 aromatic heterocycles. The standard InChI is InChI=1S/C14H19ClN2O2/c1-19-12-5-4-10(13(15)8-12)7-14(18)17-6-2-3-11(17)9-16/h4-5,8,11H,2-3,6-7,9,16H2,1H3/t11-/m0/s1. The largest absolute Gasteiger partial charge is 0.497 e. The SMILES string of the molecule is COc1ccc(CC(=O)N2CCC[C@H]2CN)c(Cl)c1. The van der Waals surface area contributed by atoms with Crippen LogP contribution in [0, 0.1) is 0 Å². The maximum Gasteiger partial charge on any atom is 0.227 e. The highest BCUT2D eigenvalue weighted by atomic mass is 35.5. The van der Waals surface area contributed by atoms with Crippen molar-refractivity contribution in [1.29, 1.82) is 0 Å². The van der Waals surface area contributed by atoms with E-state index in [1.807, 2.05) is 17.0 Å². The van der Waals surface area contributed by atoms with Gasteiger partial charge in [0.05, 0.1) is 13.5 Å². The van der Waals surface area contributed by atoms with E-state index in [1.54, 1.807) is 13.2 Å². The Balaban J connectivity index is 2.06. The molecule has 1 fully saturated rings. The molecule has 1 amide bonds. The normalized spacial score (nSPS) is 18.7. The molecular formula is C14H19ClN2O2. The Morgan fingerprint density at radius 2 is 2.37 bits per heavy atom. The maximum atomic E-state index is 12.3. The third-order valence-corrected chi connectivity index (χ3v) is 3.92. The average Bonchev–Trinajstić information content (AvgIpc) is 2.89. The molecule has 1 aromatic rings. The van der Waals surface area contributed by atoms with Gasteiger partial charge in [-0.25, -0.2) is 0 Å². The number of benzene rings is 1. The molecule has 5 heteroatoms. The lowest BCUT2D eigenvalue weighted by Gasteiger charge is -2.23. The van der Waals surface area contributed by atoms with Crippen LogP contribution in [0.3, 0.4) is 0 Å². The number of halogens is 1. The summed E-state index contributed by atoms with van der Waals surface area (Å²) in [7, 11) is 1.59. The Hall–Kier alpha value is -1.26. The van der Waals surface area contributed by atoms with Gasteiger partial charge in [-0.1, -0.05) is 17.7 Å². The summed E-state index contributed by atoms with van der Waals surface area (Å²) in [4.78, 5) is 14.1. The minimum atomic E-state index is 0.0972. The van der Waals surface area contributed by atoms with Crippen LogP contribution in [0.25, 0.3) is 0 Å². The van der Waals surface area contributed by atoms with Gasteiger partial charge >= 0.3 is 0 Å². The first kappa shape index (κ1) is 14.2. The van der Waals surface area contributed by atoms with E-state index in [2.05, 4.69) is 0 Å². The van der Waals surface area contributed by atoms with Gasteiger partial charge in [-0.15, -0.1) is 0 Å². The number of carbonyl (C=O) groups excluding carboxylic acids is 1. The van der Waals surface area contributed by atoms with Crippen molar-refractivity contribution in [3.05, 3.63) is 28.8 Å². The first-order valence-corrected chi connectivity index (χ1v) is 6.85. The highest BCUT2D eigenvalue weighted by Gasteiger charge is 2.27. The van der Waals surface area contributed by atoms with Crippen LogP contribution in [0.15, 0.2) is 18.2 Å². The fraction of sp³-hybridized carbons (Fsp3) is 0.500. The van der Waals surface area contributed by atoms with Gasteiger partial charge in [-0.2, -0.15) is 0 Å². The third-order valence-electron chi connectivity index (χ3n) is 3.57. The van der Waals surface area contributed by atoms with Gasteiger partial charge in [0.15, 0.2) is 0 Å². The minimum absolute atomic E-state index is 0.0972. The summed E-state index contributed by atoms with van der Waals surface area (Å²) in [5.74, 6) is 0.794. The Morgan fingerprint density at radius 1 is 1.58 bits per heavy atom. The van der Waals surface area contributed by atoms with Gasteiger partial charge < -0.3 is 15.4 Å². The zero-order valence-corrected chi connectivity index (χ0v) is 11.8. The summed E-state index contributed by atoms with van der Waals surface area (Å²) in [5, 5.41) is 0.566. The molecular weight excluding hydrogens is 264 g/mol. The second kappa shape index (κ2) is 6.26. The van der Waals surface area contributed by atoms with Crippen molar-refractivity contribution in [1.82, 2.24) is 4.90 Å². The molecule has 1 heterocycles. The van der Waals surface area contributed by atoms with Crippen molar-refractivity contribution >= 4 is 17.5 Å². The number of nitrogens with zero attached hydrogens (tertiary/aromatic N) is 1. The summed E-state index contributed by atoms with van der Waals surface area (Å²) in [6, 6.07) is 5.57. The number of nitrogens with two attached hydrogens (primary N) is 1. The van der Waals surface area contributed by atoms with Crippen molar-refractivity contribution in [2.75, 3.05) is 20.2 Å². The van der Waals surface area contributed by atoms with E-state index in [0.29, 0.717) is 23.7 Å². The number of amides is 1. The molecule has 0 bridgehead atoms. The van der Waals surface area contributed by atoms with Crippen molar-refractivity contribution in [3.63, 3.8) is 0 Å². The summed E-state index contributed by atoms with van der Waals surface area (Å²) < 4.78 is 5.09. The lowest BCUT2D eigenvalue weighted by Crippen LogP contribution is -2.40. The average molecular weight is 283 g/mol. The van der Waals surface area contributed by atoms with Gasteiger partial charge in [0.25, 0.3) is 0 Å². The molecule has 0 unspecified atom stereocenters. The lowest BCUT2D eigenvalue weighted by atomic mass is 10.1. The van der Waals surface area contributed by atoms with Crippen LogP contribution < -0.4 is 10.5 Å². The predicted octanol–water partition coefficient (Wildman–Crippen LogP) is 1.84. The van der Waals surface area contributed by atoms with E-state index < -0.39 is 0 Å². The van der Waals surface area contributed by atoms with Gasteiger partial charge in [-0.3, -0.25) is 4.79 Å². The second-order valence-corrected chi connectivity index (χ2v) is 5.16. The van der Waals surface area contributed by atoms with Crippen LogP contribution in [0.4, 0.5) is 0 Å². The maximum absolute atomic E-state index is 12.3. The fourth-order valence-corrected chi connectivity index (χ4v) is 2.71. The molecule has 0 saturated carbocycles. The van der Waals surface area contributed by atoms with Gasteiger partial charge in [0, 0.05) is 24.2 Å². The van der Waals surface area contributed by atoms with Crippen LogP contribution >= 0.6 is 11.6 Å². The van der Waals surface area contributed by atoms with Crippen molar-refractivity contribution in [3.8, 4) is 5.75 Å². The molecule has 0 radical (unpaired) electrons. The van der Waals surface area contributed by atoms with Crippen LogP contribution in [0.5, 0.6) is 5.75 Å². The third kappa shape index (κ3) is 3.19. The van der Waals surface area contributed by atoms with Crippen LogP contribution in [-0.2, 0) is 11.2 Å². The van der Waals surface area contributed by atoms with E-state index in [-0.39, 0.29) is 11.9 Å². The smallest absolute Gasteiger partial charge is 0.227 e. The van der Waals surface area contributed by atoms with Crippen molar-refractivity contribution in [2.45, 2.75) is 25.3 Å². The summed E-state index contributed by atoms with van der Waals surface area (Å²) in [6.45, 7) is 1.33. The number of carbonyl (C=O) groups is 1. The molecule has 2 N–H and O–H groups in total. The number of ether oxygens (including phenoxy) is 1. The first-order chi connectivity index (χ1) is 9.15. The Bertz CT molecular complexity index is 465. The van der Waals surface area contributed by atoms with Crippen molar-refractivity contribution < 1.29 is 9.53 Å². The lowest BCUT2D eigenvalue weighted by molar-refractivity contribution is -0.131. The molecule has 19 heavy (non-hydrogen) atoms. The highest BCUT2D eigenvalue weighted by Crippen LogP contribution is 2.24. The highest BCUT2D eigenvalue weighted by molar-refractivity contribution is 6.31. The van der Waals surface area contributed by atoms with E-state index in [9.17, 15) is 4.79 Å². The van der Waals surface area contributed by atoms with Gasteiger partial charge in [-0.05, 0) is 30.5 Å². The molecule has 4 nitrogen and oxygen atoms in total. The molecule has 2 rings (SSSR count). The van der Waals surface area contributed by atoms with Crippen LogP contribution in [0.2, 0.25) is 5.02 Å². The van der Waals surface area contributed by atoms with Crippen molar-refractivity contribution in [2.24, 2.45) is 5.73 Å². The summed E-state index contributed by atoms with van der Waals surface area (Å²) in [6.07, 6.45) is 2.35. The molecule has 1 atom stereocenters. The van der Waals surface area contributed by atoms with E-state index in [1.165, 1.54) is 0 Å². The Labute approximate surface area is 118 Å². The zero-order valence-electron chi connectivity index (χ0n) is 11.1. The number of hydrogen-bond acceptors (Lipinski definition) is 3. The second-order valence-electron chi connectivity index (χ2n) is 4.75. The van der Waals surface area contributed by atoms with E-state index in [4.69, 9.17) is 22.1 Å². The van der Waals surface area contributed by atoms with E-state index >= 15 is 0 Å². The Kier molecular flexibility index (Phi) is 4.66. The predicted molar refractivity (Wildman–Crippen MR) is 75.5 cm³/mol.